The lowest BCUT2D eigenvalue weighted by Gasteiger charge is -2.09. The molecule has 0 fully saturated rings. The number of hydrogen-bond acceptors (Lipinski definition) is 2. The number of carbonyl (C=O) groups is 1. The fourth-order valence-electron chi connectivity index (χ4n) is 1.54. The average molecular weight is 340 g/mol. The third-order valence-corrected chi connectivity index (χ3v) is 3.23. The van der Waals surface area contributed by atoms with E-state index in [0.717, 1.165) is 15.8 Å². The number of amides is 1. The van der Waals surface area contributed by atoms with Gasteiger partial charge in [0.15, 0.2) is 0 Å². The molecule has 0 aliphatic heterocycles. The van der Waals surface area contributed by atoms with E-state index in [0.29, 0.717) is 5.02 Å². The molecule has 0 unspecified atom stereocenters. The Bertz CT molecular complexity index is 575. The van der Waals surface area contributed by atoms with Crippen LogP contribution in [-0.4, -0.2) is 12.5 Å². The number of anilines is 2. The van der Waals surface area contributed by atoms with Gasteiger partial charge in [-0.15, -0.1) is 0 Å². The van der Waals surface area contributed by atoms with Gasteiger partial charge in [-0.25, -0.2) is 0 Å². The van der Waals surface area contributed by atoms with Gasteiger partial charge in [0.25, 0.3) is 0 Å². The Morgan fingerprint density at radius 2 is 1.89 bits per heavy atom. The van der Waals surface area contributed by atoms with Crippen molar-refractivity contribution >= 4 is 44.8 Å². The molecule has 3 nitrogen and oxygen atoms in total. The number of carbonyl (C=O) groups excluding carboxylic acids is 1. The lowest BCUT2D eigenvalue weighted by Crippen LogP contribution is -2.21. The van der Waals surface area contributed by atoms with Crippen LogP contribution >= 0.6 is 27.5 Å². The Balaban J connectivity index is 1.90. The van der Waals surface area contributed by atoms with E-state index in [2.05, 4.69) is 26.6 Å². The van der Waals surface area contributed by atoms with E-state index in [1.54, 1.807) is 6.07 Å². The summed E-state index contributed by atoms with van der Waals surface area (Å²) in [5.41, 5.74) is 1.50. The summed E-state index contributed by atoms with van der Waals surface area (Å²) in [6.45, 7) is 0.163. The molecule has 0 aromatic heterocycles. The highest BCUT2D eigenvalue weighted by Crippen LogP contribution is 2.25. The van der Waals surface area contributed by atoms with Crippen LogP contribution in [0.15, 0.2) is 53.0 Å². The summed E-state index contributed by atoms with van der Waals surface area (Å²) in [5.74, 6) is -0.120. The van der Waals surface area contributed by atoms with Crippen molar-refractivity contribution < 1.29 is 4.79 Å². The minimum atomic E-state index is -0.120. The quantitative estimate of drug-likeness (QED) is 0.878. The average Bonchev–Trinajstić information content (AvgIpc) is 2.39. The van der Waals surface area contributed by atoms with E-state index in [9.17, 15) is 4.79 Å². The minimum absolute atomic E-state index is 0.120. The molecule has 0 aliphatic rings. The Kier molecular flexibility index (Phi) is 4.82. The number of rotatable bonds is 4. The fraction of sp³-hybridized carbons (Fsp3) is 0.0714. The van der Waals surface area contributed by atoms with Gasteiger partial charge in [0, 0.05) is 10.2 Å². The number of halogens is 2. The van der Waals surface area contributed by atoms with Crippen molar-refractivity contribution in [1.29, 1.82) is 0 Å². The molecular formula is C14H12BrClN2O. The molecule has 0 spiro atoms. The maximum absolute atomic E-state index is 11.7. The molecule has 2 N–H and O–H groups in total. The monoisotopic (exact) mass is 338 g/mol. The summed E-state index contributed by atoms with van der Waals surface area (Å²) in [6.07, 6.45) is 0. The highest BCUT2D eigenvalue weighted by Gasteiger charge is 2.04. The van der Waals surface area contributed by atoms with Crippen molar-refractivity contribution in [1.82, 2.24) is 0 Å². The zero-order valence-electron chi connectivity index (χ0n) is 9.99. The molecule has 0 bridgehead atoms. The first-order valence-electron chi connectivity index (χ1n) is 5.69. The van der Waals surface area contributed by atoms with Gasteiger partial charge in [0.05, 0.1) is 17.3 Å². The maximum Gasteiger partial charge on any atom is 0.243 e. The molecule has 98 valence electrons. The molecular weight excluding hydrogens is 328 g/mol. The molecule has 0 atom stereocenters. The van der Waals surface area contributed by atoms with E-state index in [4.69, 9.17) is 11.6 Å². The summed E-state index contributed by atoms with van der Waals surface area (Å²) in [5, 5.41) is 6.36. The third-order valence-electron chi connectivity index (χ3n) is 2.43. The van der Waals surface area contributed by atoms with Gasteiger partial charge in [0.2, 0.25) is 5.91 Å². The van der Waals surface area contributed by atoms with Crippen molar-refractivity contribution in [3.8, 4) is 0 Å². The van der Waals surface area contributed by atoms with Gasteiger partial charge >= 0.3 is 0 Å². The SMILES string of the molecule is O=C(CNc1ccc(Br)cc1Cl)Nc1ccccc1. The maximum atomic E-state index is 11.7. The molecule has 0 saturated heterocycles. The van der Waals surface area contributed by atoms with Crippen LogP contribution in [0.1, 0.15) is 0 Å². The summed E-state index contributed by atoms with van der Waals surface area (Å²) in [6, 6.07) is 14.8. The molecule has 0 aliphatic carbocycles. The zero-order chi connectivity index (χ0) is 13.7. The second-order valence-electron chi connectivity index (χ2n) is 3.89. The summed E-state index contributed by atoms with van der Waals surface area (Å²) in [4.78, 5) is 11.7. The van der Waals surface area contributed by atoms with Crippen LogP contribution in [0.4, 0.5) is 11.4 Å². The lowest BCUT2D eigenvalue weighted by atomic mass is 10.3. The van der Waals surface area contributed by atoms with E-state index >= 15 is 0 Å². The fourth-order valence-corrected chi connectivity index (χ4v) is 2.28. The summed E-state index contributed by atoms with van der Waals surface area (Å²) >= 11 is 9.38. The summed E-state index contributed by atoms with van der Waals surface area (Å²) in [7, 11) is 0. The highest BCUT2D eigenvalue weighted by atomic mass is 79.9. The first-order chi connectivity index (χ1) is 9.15. The highest BCUT2D eigenvalue weighted by molar-refractivity contribution is 9.10. The standard InChI is InChI=1S/C14H12BrClN2O/c15-10-6-7-13(12(16)8-10)17-9-14(19)18-11-4-2-1-3-5-11/h1-8,17H,9H2,(H,18,19). The summed E-state index contributed by atoms with van der Waals surface area (Å²) < 4.78 is 0.900. The molecule has 5 heteroatoms. The van der Waals surface area contributed by atoms with E-state index < -0.39 is 0 Å². The Labute approximate surface area is 125 Å². The number of hydrogen-bond donors (Lipinski definition) is 2. The molecule has 2 aromatic carbocycles. The molecule has 0 radical (unpaired) electrons. The molecule has 0 saturated carbocycles. The van der Waals surface area contributed by atoms with Crippen LogP contribution in [-0.2, 0) is 4.79 Å². The number of nitrogens with one attached hydrogen (secondary N) is 2. The van der Waals surface area contributed by atoms with Gasteiger partial charge in [0.1, 0.15) is 0 Å². The Morgan fingerprint density at radius 1 is 1.16 bits per heavy atom. The van der Waals surface area contributed by atoms with Gasteiger partial charge in [-0.1, -0.05) is 45.7 Å². The normalized spacial score (nSPS) is 10.0. The van der Waals surface area contributed by atoms with Gasteiger partial charge in [-0.2, -0.15) is 0 Å². The molecule has 19 heavy (non-hydrogen) atoms. The Morgan fingerprint density at radius 3 is 2.58 bits per heavy atom. The van der Waals surface area contributed by atoms with Crippen LogP contribution in [0.5, 0.6) is 0 Å². The van der Waals surface area contributed by atoms with Gasteiger partial charge < -0.3 is 10.6 Å². The molecule has 0 heterocycles. The van der Waals surface area contributed by atoms with Crippen molar-refractivity contribution in [2.45, 2.75) is 0 Å². The second-order valence-corrected chi connectivity index (χ2v) is 5.21. The van der Waals surface area contributed by atoms with Crippen LogP contribution in [0, 0.1) is 0 Å². The number of para-hydroxylation sites is 1. The first kappa shape index (κ1) is 13.9. The van der Waals surface area contributed by atoms with Crippen molar-refractivity contribution in [2.75, 3.05) is 17.2 Å². The largest absolute Gasteiger partial charge is 0.375 e. The van der Waals surface area contributed by atoms with Crippen LogP contribution < -0.4 is 10.6 Å². The second kappa shape index (κ2) is 6.59. The van der Waals surface area contributed by atoms with Crippen molar-refractivity contribution in [3.63, 3.8) is 0 Å². The Hall–Kier alpha value is -1.52. The van der Waals surface area contributed by atoms with E-state index in [1.165, 1.54) is 0 Å². The molecule has 1 amide bonds. The van der Waals surface area contributed by atoms with Crippen molar-refractivity contribution in [3.05, 3.63) is 58.0 Å². The van der Waals surface area contributed by atoms with E-state index in [-0.39, 0.29) is 12.5 Å². The molecule has 2 aromatic rings. The molecule has 2 rings (SSSR count). The first-order valence-corrected chi connectivity index (χ1v) is 6.86. The van der Waals surface area contributed by atoms with Crippen molar-refractivity contribution in [2.24, 2.45) is 0 Å². The van der Waals surface area contributed by atoms with Gasteiger partial charge in [-0.3, -0.25) is 4.79 Å². The third kappa shape index (κ3) is 4.26. The zero-order valence-corrected chi connectivity index (χ0v) is 12.3. The predicted octanol–water partition coefficient (Wildman–Crippen LogP) is 4.15. The van der Waals surface area contributed by atoms with E-state index in [1.807, 2.05) is 42.5 Å². The topological polar surface area (TPSA) is 41.1 Å². The minimum Gasteiger partial charge on any atom is -0.375 e. The van der Waals surface area contributed by atoms with Gasteiger partial charge in [-0.05, 0) is 30.3 Å². The smallest absolute Gasteiger partial charge is 0.243 e. The number of benzene rings is 2. The lowest BCUT2D eigenvalue weighted by molar-refractivity contribution is -0.114. The van der Waals surface area contributed by atoms with Crippen LogP contribution in [0.25, 0.3) is 0 Å². The predicted molar refractivity (Wildman–Crippen MR) is 82.7 cm³/mol. The van der Waals surface area contributed by atoms with Crippen LogP contribution in [0.3, 0.4) is 0 Å². The van der Waals surface area contributed by atoms with Crippen LogP contribution in [0.2, 0.25) is 5.02 Å².